The number of piperidine rings is 1. The van der Waals surface area contributed by atoms with E-state index in [4.69, 9.17) is 23.2 Å². The van der Waals surface area contributed by atoms with Gasteiger partial charge < -0.3 is 4.90 Å². The van der Waals surface area contributed by atoms with Gasteiger partial charge in [-0.3, -0.25) is 4.79 Å². The van der Waals surface area contributed by atoms with Crippen molar-refractivity contribution in [2.75, 3.05) is 4.90 Å². The molecule has 4 rings (SSSR count). The summed E-state index contributed by atoms with van der Waals surface area (Å²) in [7, 11) is 0. The molecular formula is C14H12Cl2N2O2. The molecule has 1 aliphatic carbocycles. The van der Waals surface area contributed by atoms with Gasteiger partial charge in [-0.2, -0.15) is 0 Å². The van der Waals surface area contributed by atoms with E-state index in [0.29, 0.717) is 21.7 Å². The molecule has 6 heteroatoms. The van der Waals surface area contributed by atoms with Crippen molar-refractivity contribution in [2.45, 2.75) is 31.3 Å². The van der Waals surface area contributed by atoms with Gasteiger partial charge in [-0.1, -0.05) is 23.2 Å². The van der Waals surface area contributed by atoms with Crippen LogP contribution in [0.1, 0.15) is 19.3 Å². The molecule has 2 bridgehead atoms. The van der Waals surface area contributed by atoms with Crippen molar-refractivity contribution in [1.29, 1.82) is 0 Å². The zero-order valence-electron chi connectivity index (χ0n) is 10.6. The first-order valence-corrected chi connectivity index (χ1v) is 7.44. The zero-order valence-corrected chi connectivity index (χ0v) is 12.1. The van der Waals surface area contributed by atoms with Gasteiger partial charge in [0, 0.05) is 16.1 Å². The smallest absolute Gasteiger partial charge is 0.309 e. The molecule has 1 aromatic carbocycles. The molecule has 0 aromatic heterocycles. The molecule has 2 heterocycles. The Morgan fingerprint density at radius 1 is 1.05 bits per heavy atom. The van der Waals surface area contributed by atoms with Crippen molar-refractivity contribution in [3.05, 3.63) is 28.2 Å². The Kier molecular flexibility index (Phi) is 2.57. The predicted molar refractivity (Wildman–Crippen MR) is 76.1 cm³/mol. The first-order chi connectivity index (χ1) is 9.56. The van der Waals surface area contributed by atoms with Crippen molar-refractivity contribution in [2.24, 2.45) is 5.92 Å². The lowest BCUT2D eigenvalue weighted by Crippen LogP contribution is -2.40. The van der Waals surface area contributed by atoms with Crippen LogP contribution in [0.4, 0.5) is 10.5 Å². The standard InChI is InChI=1S/C14H12Cl2N2O2/c15-8-4-9(16)6-11(5-8)18-13(19)12-7-1-2-10(3-7)17(12)14(18)20/h4-7,10,12H,1-3H2/t7?,10-,12?/m0/s1. The largest absolute Gasteiger partial charge is 0.332 e. The summed E-state index contributed by atoms with van der Waals surface area (Å²) in [5.74, 6) is 0.177. The number of rotatable bonds is 1. The van der Waals surface area contributed by atoms with E-state index in [1.165, 1.54) is 4.90 Å². The SMILES string of the molecule is O=C1C2C3CC[C@@H](C3)N2C(=O)N1c1cc(Cl)cc(Cl)c1. The van der Waals surface area contributed by atoms with Gasteiger partial charge in [-0.15, -0.1) is 0 Å². The van der Waals surface area contributed by atoms with E-state index >= 15 is 0 Å². The molecule has 3 aliphatic rings. The molecule has 3 fully saturated rings. The number of carbonyl (C=O) groups excluding carboxylic acids is 2. The number of nitrogens with zero attached hydrogens (tertiary/aromatic N) is 2. The summed E-state index contributed by atoms with van der Waals surface area (Å²) in [5, 5.41) is 0.839. The van der Waals surface area contributed by atoms with E-state index in [9.17, 15) is 9.59 Å². The second kappa shape index (κ2) is 4.12. The molecule has 0 radical (unpaired) electrons. The number of fused-ring (bicyclic) bond motifs is 5. The molecule has 1 saturated carbocycles. The number of urea groups is 1. The molecular weight excluding hydrogens is 299 g/mol. The van der Waals surface area contributed by atoms with Crippen LogP contribution in [0.25, 0.3) is 0 Å². The molecule has 3 atom stereocenters. The minimum absolute atomic E-state index is 0.138. The fraction of sp³-hybridized carbons (Fsp3) is 0.429. The number of imide groups is 1. The van der Waals surface area contributed by atoms with Crippen molar-refractivity contribution in [1.82, 2.24) is 4.90 Å². The van der Waals surface area contributed by atoms with E-state index in [2.05, 4.69) is 0 Å². The Balaban J connectivity index is 1.76. The van der Waals surface area contributed by atoms with E-state index in [-0.39, 0.29) is 24.0 Å². The molecule has 20 heavy (non-hydrogen) atoms. The van der Waals surface area contributed by atoms with Crippen molar-refractivity contribution < 1.29 is 9.59 Å². The van der Waals surface area contributed by atoms with E-state index in [1.54, 1.807) is 23.1 Å². The maximum Gasteiger partial charge on any atom is 0.332 e. The Morgan fingerprint density at radius 2 is 1.75 bits per heavy atom. The lowest BCUT2D eigenvalue weighted by molar-refractivity contribution is -0.120. The fourth-order valence-corrected chi connectivity index (χ4v) is 4.34. The summed E-state index contributed by atoms with van der Waals surface area (Å²) >= 11 is 11.9. The van der Waals surface area contributed by atoms with Crippen LogP contribution in [0.3, 0.4) is 0 Å². The Morgan fingerprint density at radius 3 is 2.40 bits per heavy atom. The number of amides is 3. The second-order valence-corrected chi connectivity index (χ2v) is 6.54. The van der Waals surface area contributed by atoms with Gasteiger partial charge in [-0.05, 0) is 43.4 Å². The lowest BCUT2D eigenvalue weighted by atomic mass is 9.99. The molecule has 3 amide bonds. The van der Waals surface area contributed by atoms with Gasteiger partial charge in [0.1, 0.15) is 6.04 Å². The van der Waals surface area contributed by atoms with Crippen LogP contribution in [0.15, 0.2) is 18.2 Å². The van der Waals surface area contributed by atoms with Crippen molar-refractivity contribution in [3.63, 3.8) is 0 Å². The number of benzene rings is 1. The normalized spacial score (nSPS) is 31.4. The monoisotopic (exact) mass is 310 g/mol. The molecule has 1 aromatic rings. The predicted octanol–water partition coefficient (Wildman–Crippen LogP) is 3.31. The summed E-state index contributed by atoms with van der Waals surface area (Å²) in [5.41, 5.74) is 0.464. The minimum atomic E-state index is -0.279. The van der Waals surface area contributed by atoms with Crippen molar-refractivity contribution in [3.8, 4) is 0 Å². The van der Waals surface area contributed by atoms with Gasteiger partial charge >= 0.3 is 6.03 Å². The number of anilines is 1. The Hall–Kier alpha value is -1.26. The van der Waals surface area contributed by atoms with Gasteiger partial charge in [0.25, 0.3) is 5.91 Å². The number of hydrogen-bond acceptors (Lipinski definition) is 2. The maximum absolute atomic E-state index is 12.6. The van der Waals surface area contributed by atoms with Crippen LogP contribution in [0.2, 0.25) is 10.0 Å². The average Bonchev–Trinajstić information content (AvgIpc) is 3.02. The van der Waals surface area contributed by atoms with E-state index < -0.39 is 0 Å². The number of hydrogen-bond donors (Lipinski definition) is 0. The maximum atomic E-state index is 12.6. The quantitative estimate of drug-likeness (QED) is 0.747. The van der Waals surface area contributed by atoms with Crippen molar-refractivity contribution >= 4 is 40.8 Å². The number of carbonyl (C=O) groups is 2. The summed E-state index contributed by atoms with van der Waals surface area (Å²) in [6.45, 7) is 0. The topological polar surface area (TPSA) is 40.6 Å². The highest BCUT2D eigenvalue weighted by atomic mass is 35.5. The molecule has 2 aliphatic heterocycles. The molecule has 0 N–H and O–H groups in total. The third kappa shape index (κ3) is 1.55. The Labute approximate surface area is 126 Å². The van der Waals surface area contributed by atoms with Crippen LogP contribution >= 0.6 is 23.2 Å². The molecule has 2 unspecified atom stereocenters. The molecule has 2 saturated heterocycles. The second-order valence-electron chi connectivity index (χ2n) is 5.66. The van der Waals surface area contributed by atoms with Crippen LogP contribution in [0.5, 0.6) is 0 Å². The molecule has 4 nitrogen and oxygen atoms in total. The average molecular weight is 311 g/mol. The zero-order chi connectivity index (χ0) is 14.0. The van der Waals surface area contributed by atoms with E-state index in [0.717, 1.165) is 19.3 Å². The Bertz CT molecular complexity index is 585. The van der Waals surface area contributed by atoms with Gasteiger partial charge in [0.05, 0.1) is 5.69 Å². The van der Waals surface area contributed by atoms with Gasteiger partial charge in [0.2, 0.25) is 0 Å². The van der Waals surface area contributed by atoms with E-state index in [1.807, 2.05) is 0 Å². The first kappa shape index (κ1) is 12.5. The highest BCUT2D eigenvalue weighted by Crippen LogP contribution is 2.47. The lowest BCUT2D eigenvalue weighted by Gasteiger charge is -2.25. The van der Waals surface area contributed by atoms with Gasteiger partial charge in [0.15, 0.2) is 0 Å². The molecule has 104 valence electrons. The summed E-state index contributed by atoms with van der Waals surface area (Å²) in [6, 6.07) is 4.51. The highest BCUT2D eigenvalue weighted by molar-refractivity contribution is 6.35. The fourth-order valence-electron chi connectivity index (χ4n) is 3.83. The molecule has 0 spiro atoms. The van der Waals surface area contributed by atoms with Crippen LogP contribution in [0, 0.1) is 5.92 Å². The van der Waals surface area contributed by atoms with Crippen LogP contribution in [-0.4, -0.2) is 28.9 Å². The summed E-state index contributed by atoms with van der Waals surface area (Å²) in [6.07, 6.45) is 3.01. The number of halogens is 2. The third-order valence-electron chi connectivity index (χ3n) is 4.58. The van der Waals surface area contributed by atoms with Crippen LogP contribution < -0.4 is 4.90 Å². The minimum Gasteiger partial charge on any atom is -0.309 e. The summed E-state index contributed by atoms with van der Waals surface area (Å²) in [4.78, 5) is 28.1. The highest BCUT2D eigenvalue weighted by Gasteiger charge is 2.59. The third-order valence-corrected chi connectivity index (χ3v) is 5.01. The van der Waals surface area contributed by atoms with Gasteiger partial charge in [-0.25, -0.2) is 9.69 Å². The van der Waals surface area contributed by atoms with Crippen LogP contribution in [-0.2, 0) is 4.79 Å². The first-order valence-electron chi connectivity index (χ1n) is 6.68. The summed E-state index contributed by atoms with van der Waals surface area (Å²) < 4.78 is 0.